The van der Waals surface area contributed by atoms with Crippen LogP contribution in [-0.2, 0) is 6.18 Å². The van der Waals surface area contributed by atoms with Crippen molar-refractivity contribution in [2.24, 2.45) is 17.6 Å². The SMILES string of the molecule is CC(C)C(CN)C(=O)c1cccc(C(F)(F)F)c1. The molecular weight excluding hydrogens is 243 g/mol. The van der Waals surface area contributed by atoms with Crippen LogP contribution in [0.4, 0.5) is 13.2 Å². The number of hydrogen-bond acceptors (Lipinski definition) is 2. The fourth-order valence-electron chi connectivity index (χ4n) is 1.74. The maximum absolute atomic E-state index is 12.5. The highest BCUT2D eigenvalue weighted by molar-refractivity contribution is 5.98. The second-order valence-corrected chi connectivity index (χ2v) is 4.53. The summed E-state index contributed by atoms with van der Waals surface area (Å²) in [5, 5.41) is 0. The van der Waals surface area contributed by atoms with E-state index in [-0.39, 0.29) is 23.8 Å². The fourth-order valence-corrected chi connectivity index (χ4v) is 1.74. The summed E-state index contributed by atoms with van der Waals surface area (Å²) in [4.78, 5) is 12.0. The first-order chi connectivity index (χ1) is 8.27. The minimum Gasteiger partial charge on any atom is -0.330 e. The molecule has 2 nitrogen and oxygen atoms in total. The smallest absolute Gasteiger partial charge is 0.330 e. The van der Waals surface area contributed by atoms with Gasteiger partial charge in [0.05, 0.1) is 5.56 Å². The quantitative estimate of drug-likeness (QED) is 0.844. The first-order valence-electron chi connectivity index (χ1n) is 5.69. The minimum absolute atomic E-state index is 0.00274. The van der Waals surface area contributed by atoms with E-state index in [0.29, 0.717) is 0 Å². The van der Waals surface area contributed by atoms with Gasteiger partial charge in [0.25, 0.3) is 0 Å². The second kappa shape index (κ2) is 5.52. The van der Waals surface area contributed by atoms with Crippen LogP contribution in [0, 0.1) is 11.8 Å². The van der Waals surface area contributed by atoms with Crippen LogP contribution in [0.15, 0.2) is 24.3 Å². The molecule has 100 valence electrons. The molecule has 0 heterocycles. The van der Waals surface area contributed by atoms with Gasteiger partial charge in [-0.3, -0.25) is 4.79 Å². The van der Waals surface area contributed by atoms with Crippen molar-refractivity contribution in [1.29, 1.82) is 0 Å². The van der Waals surface area contributed by atoms with Crippen molar-refractivity contribution < 1.29 is 18.0 Å². The number of nitrogens with two attached hydrogens (primary N) is 1. The Bertz CT molecular complexity index is 426. The third-order valence-corrected chi connectivity index (χ3v) is 2.87. The molecule has 1 aromatic carbocycles. The molecule has 0 aliphatic carbocycles. The lowest BCUT2D eigenvalue weighted by Gasteiger charge is -2.18. The summed E-state index contributed by atoms with van der Waals surface area (Å²) < 4.78 is 37.6. The van der Waals surface area contributed by atoms with E-state index in [0.717, 1.165) is 12.1 Å². The number of ketones is 1. The molecule has 1 aromatic rings. The molecule has 1 rings (SSSR count). The molecule has 2 N–H and O–H groups in total. The van der Waals surface area contributed by atoms with Crippen LogP contribution in [0.1, 0.15) is 29.8 Å². The van der Waals surface area contributed by atoms with E-state index < -0.39 is 17.7 Å². The number of rotatable bonds is 4. The van der Waals surface area contributed by atoms with Gasteiger partial charge in [-0.15, -0.1) is 0 Å². The van der Waals surface area contributed by atoms with Crippen molar-refractivity contribution in [3.63, 3.8) is 0 Å². The summed E-state index contributed by atoms with van der Waals surface area (Å²) in [6, 6.07) is 4.46. The molecule has 0 amide bonds. The van der Waals surface area contributed by atoms with E-state index in [2.05, 4.69) is 0 Å². The maximum Gasteiger partial charge on any atom is 0.416 e. The first kappa shape index (κ1) is 14.7. The van der Waals surface area contributed by atoms with Crippen LogP contribution in [0.2, 0.25) is 0 Å². The summed E-state index contributed by atoms with van der Waals surface area (Å²) in [5.74, 6) is -0.788. The van der Waals surface area contributed by atoms with Crippen LogP contribution >= 0.6 is 0 Å². The van der Waals surface area contributed by atoms with E-state index in [9.17, 15) is 18.0 Å². The number of carbonyl (C=O) groups excluding carboxylic acids is 1. The highest BCUT2D eigenvalue weighted by Gasteiger charge is 2.31. The molecule has 1 unspecified atom stereocenters. The third-order valence-electron chi connectivity index (χ3n) is 2.87. The molecule has 0 saturated carbocycles. The van der Waals surface area contributed by atoms with Crippen molar-refractivity contribution in [1.82, 2.24) is 0 Å². The van der Waals surface area contributed by atoms with Crippen molar-refractivity contribution in [2.75, 3.05) is 6.54 Å². The van der Waals surface area contributed by atoms with Crippen molar-refractivity contribution in [2.45, 2.75) is 20.0 Å². The van der Waals surface area contributed by atoms with Gasteiger partial charge in [-0.25, -0.2) is 0 Å². The third kappa shape index (κ3) is 3.32. The molecular formula is C13H16F3NO. The number of halogens is 3. The highest BCUT2D eigenvalue weighted by atomic mass is 19.4. The zero-order valence-electron chi connectivity index (χ0n) is 10.3. The van der Waals surface area contributed by atoms with Gasteiger partial charge in [-0.1, -0.05) is 26.0 Å². The Hall–Kier alpha value is -1.36. The summed E-state index contributed by atoms with van der Waals surface area (Å²) >= 11 is 0. The van der Waals surface area contributed by atoms with Crippen LogP contribution in [0.25, 0.3) is 0 Å². The average Bonchev–Trinajstić information content (AvgIpc) is 2.28. The Morgan fingerprint density at radius 2 is 1.94 bits per heavy atom. The monoisotopic (exact) mass is 259 g/mol. The summed E-state index contributed by atoms with van der Waals surface area (Å²) in [6.45, 7) is 3.78. The fraction of sp³-hybridized carbons (Fsp3) is 0.462. The Morgan fingerprint density at radius 1 is 1.33 bits per heavy atom. The second-order valence-electron chi connectivity index (χ2n) is 4.53. The van der Waals surface area contributed by atoms with Crippen LogP contribution < -0.4 is 5.73 Å². The van der Waals surface area contributed by atoms with E-state index in [1.807, 2.05) is 13.8 Å². The van der Waals surface area contributed by atoms with Gasteiger partial charge in [0.1, 0.15) is 0 Å². The number of alkyl halides is 3. The predicted molar refractivity (Wildman–Crippen MR) is 63.2 cm³/mol. The molecule has 18 heavy (non-hydrogen) atoms. The van der Waals surface area contributed by atoms with Crippen molar-refractivity contribution in [3.05, 3.63) is 35.4 Å². The van der Waals surface area contributed by atoms with Gasteiger partial charge >= 0.3 is 6.18 Å². The Morgan fingerprint density at radius 3 is 2.39 bits per heavy atom. The maximum atomic E-state index is 12.5. The average molecular weight is 259 g/mol. The van der Waals surface area contributed by atoms with Gasteiger partial charge in [0.15, 0.2) is 5.78 Å². The number of Topliss-reactive ketones (excluding diaryl/α,β-unsaturated/α-hetero) is 1. The van der Waals surface area contributed by atoms with Crippen molar-refractivity contribution in [3.8, 4) is 0 Å². The zero-order valence-corrected chi connectivity index (χ0v) is 10.3. The predicted octanol–water partition coefficient (Wildman–Crippen LogP) is 3.12. The Balaban J connectivity index is 3.07. The lowest BCUT2D eigenvalue weighted by atomic mass is 9.87. The van der Waals surface area contributed by atoms with E-state index in [1.54, 1.807) is 0 Å². The normalized spacial score (nSPS) is 13.7. The van der Waals surface area contributed by atoms with Gasteiger partial charge in [-0.05, 0) is 18.1 Å². The topological polar surface area (TPSA) is 43.1 Å². The molecule has 0 radical (unpaired) electrons. The van der Waals surface area contributed by atoms with Crippen LogP contribution in [-0.4, -0.2) is 12.3 Å². The van der Waals surface area contributed by atoms with E-state index in [4.69, 9.17) is 5.73 Å². The first-order valence-corrected chi connectivity index (χ1v) is 5.69. The Labute approximate surface area is 104 Å². The zero-order chi connectivity index (χ0) is 13.9. The molecule has 0 spiro atoms. The molecule has 0 fully saturated rings. The van der Waals surface area contributed by atoms with Crippen LogP contribution in [0.3, 0.4) is 0 Å². The van der Waals surface area contributed by atoms with Gasteiger partial charge in [0.2, 0.25) is 0 Å². The number of carbonyl (C=O) groups is 1. The largest absolute Gasteiger partial charge is 0.416 e. The Kier molecular flexibility index (Phi) is 4.51. The number of hydrogen-bond donors (Lipinski definition) is 1. The standard InChI is InChI=1S/C13H16F3NO/c1-8(2)11(7-17)12(18)9-4-3-5-10(6-9)13(14,15)16/h3-6,8,11H,7,17H2,1-2H3. The summed E-state index contributed by atoms with van der Waals surface area (Å²) in [6.07, 6.45) is -4.44. The highest BCUT2D eigenvalue weighted by Crippen LogP contribution is 2.30. The van der Waals surface area contributed by atoms with Crippen LogP contribution in [0.5, 0.6) is 0 Å². The molecule has 0 aromatic heterocycles. The molecule has 0 aliphatic heterocycles. The van der Waals surface area contributed by atoms with Gasteiger partial charge < -0.3 is 5.73 Å². The molecule has 1 atom stereocenters. The summed E-state index contributed by atoms with van der Waals surface area (Å²) in [7, 11) is 0. The van der Waals surface area contributed by atoms with Crippen molar-refractivity contribution >= 4 is 5.78 Å². The molecule has 0 saturated heterocycles. The lowest BCUT2D eigenvalue weighted by Crippen LogP contribution is -2.28. The van der Waals surface area contributed by atoms with Gasteiger partial charge in [-0.2, -0.15) is 13.2 Å². The summed E-state index contributed by atoms with van der Waals surface area (Å²) in [5.41, 5.74) is 4.74. The van der Waals surface area contributed by atoms with Gasteiger partial charge in [0, 0.05) is 18.0 Å². The van der Waals surface area contributed by atoms with E-state index >= 15 is 0 Å². The minimum atomic E-state index is -4.44. The number of benzene rings is 1. The lowest BCUT2D eigenvalue weighted by molar-refractivity contribution is -0.137. The molecule has 5 heteroatoms. The molecule has 0 bridgehead atoms. The molecule has 0 aliphatic rings. The van der Waals surface area contributed by atoms with E-state index in [1.165, 1.54) is 12.1 Å².